The van der Waals surface area contributed by atoms with Crippen molar-refractivity contribution >= 4 is 31.8 Å². The van der Waals surface area contributed by atoms with E-state index in [9.17, 15) is 13.5 Å². The third-order valence-corrected chi connectivity index (χ3v) is 8.00. The number of sulfonamides is 1. The molecular formula is C24H25N3O3S. The molecule has 0 spiro atoms. The van der Waals surface area contributed by atoms with Gasteiger partial charge in [0.25, 0.3) is 0 Å². The molecule has 0 unspecified atom stereocenters. The van der Waals surface area contributed by atoms with Gasteiger partial charge in [-0.2, -0.15) is 4.31 Å². The third kappa shape index (κ3) is 3.69. The van der Waals surface area contributed by atoms with Crippen LogP contribution in [0.25, 0.3) is 21.8 Å². The van der Waals surface area contributed by atoms with Crippen LogP contribution in [0.4, 0.5) is 0 Å². The topological polar surface area (TPSA) is 76.6 Å². The zero-order valence-electron chi connectivity index (χ0n) is 17.4. The standard InChI is InChI=1S/C24H25N3O3S/c1-17-6-8-19(9-7-17)31(29,30)27-12-10-26(11-13-27)16-18-14-21-20-4-2-3-5-22(20)25-23(21)15-24(18)28/h2-9,14-15,25,28H,10-13,16H2,1H3. The quantitative estimate of drug-likeness (QED) is 0.511. The molecule has 1 saturated heterocycles. The SMILES string of the molecule is Cc1ccc(S(=O)(=O)N2CCN(Cc3cc4c(cc3O)[nH]c3ccccc34)CC2)cc1. The predicted octanol–water partition coefficient (Wildman–Crippen LogP) is 3.84. The number of benzene rings is 3. The molecule has 0 bridgehead atoms. The van der Waals surface area contributed by atoms with Gasteiger partial charge in [0.15, 0.2) is 0 Å². The summed E-state index contributed by atoms with van der Waals surface area (Å²) in [6, 6.07) is 18.9. The Balaban J connectivity index is 1.32. The molecule has 160 valence electrons. The van der Waals surface area contributed by atoms with Gasteiger partial charge in [-0.1, -0.05) is 35.9 Å². The van der Waals surface area contributed by atoms with Crippen LogP contribution >= 0.6 is 0 Å². The first-order valence-corrected chi connectivity index (χ1v) is 11.9. The first-order valence-electron chi connectivity index (χ1n) is 10.4. The van der Waals surface area contributed by atoms with Crippen LogP contribution in [0.5, 0.6) is 5.75 Å². The summed E-state index contributed by atoms with van der Waals surface area (Å²) < 4.78 is 27.4. The van der Waals surface area contributed by atoms with Gasteiger partial charge < -0.3 is 10.1 Å². The summed E-state index contributed by atoms with van der Waals surface area (Å²) in [5.74, 6) is 0.258. The highest BCUT2D eigenvalue weighted by atomic mass is 32.2. The highest BCUT2D eigenvalue weighted by Gasteiger charge is 2.28. The number of nitrogens with zero attached hydrogens (tertiary/aromatic N) is 2. The Morgan fingerprint density at radius 3 is 2.35 bits per heavy atom. The third-order valence-electron chi connectivity index (χ3n) is 6.09. The highest BCUT2D eigenvalue weighted by molar-refractivity contribution is 7.89. The molecule has 1 aromatic heterocycles. The van der Waals surface area contributed by atoms with Gasteiger partial charge in [0.1, 0.15) is 5.75 Å². The second kappa shape index (κ2) is 7.67. The summed E-state index contributed by atoms with van der Waals surface area (Å²) in [5, 5.41) is 12.8. The molecule has 1 aliphatic heterocycles. The van der Waals surface area contributed by atoms with E-state index < -0.39 is 10.0 Å². The van der Waals surface area contributed by atoms with E-state index in [1.807, 2.05) is 43.3 Å². The maximum absolute atomic E-state index is 12.9. The Hall–Kier alpha value is -2.87. The van der Waals surface area contributed by atoms with E-state index in [4.69, 9.17) is 0 Å². The van der Waals surface area contributed by atoms with E-state index in [2.05, 4.69) is 16.0 Å². The van der Waals surface area contributed by atoms with Crippen LogP contribution in [0.2, 0.25) is 0 Å². The summed E-state index contributed by atoms with van der Waals surface area (Å²) in [4.78, 5) is 5.88. The number of para-hydroxylation sites is 1. The van der Waals surface area contributed by atoms with E-state index in [0.29, 0.717) is 37.6 Å². The van der Waals surface area contributed by atoms with Crippen molar-refractivity contribution in [2.24, 2.45) is 0 Å². The number of piperazine rings is 1. The lowest BCUT2D eigenvalue weighted by molar-refractivity contribution is 0.180. The van der Waals surface area contributed by atoms with Crippen LogP contribution in [0.3, 0.4) is 0 Å². The Labute approximate surface area is 181 Å². The van der Waals surface area contributed by atoms with Gasteiger partial charge in [0.05, 0.1) is 10.4 Å². The highest BCUT2D eigenvalue weighted by Crippen LogP contribution is 2.31. The lowest BCUT2D eigenvalue weighted by atomic mass is 10.1. The summed E-state index contributed by atoms with van der Waals surface area (Å²) >= 11 is 0. The normalized spacial score (nSPS) is 16.3. The zero-order valence-corrected chi connectivity index (χ0v) is 18.2. The monoisotopic (exact) mass is 435 g/mol. The minimum absolute atomic E-state index is 0.258. The number of H-pyrrole nitrogens is 1. The minimum Gasteiger partial charge on any atom is -0.508 e. The smallest absolute Gasteiger partial charge is 0.243 e. The van der Waals surface area contributed by atoms with E-state index in [-0.39, 0.29) is 5.75 Å². The number of aryl methyl sites for hydroxylation is 1. The predicted molar refractivity (Wildman–Crippen MR) is 123 cm³/mol. The zero-order chi connectivity index (χ0) is 21.6. The van der Waals surface area contributed by atoms with E-state index in [1.54, 1.807) is 22.5 Å². The largest absolute Gasteiger partial charge is 0.508 e. The molecule has 0 atom stereocenters. The summed E-state index contributed by atoms with van der Waals surface area (Å²) in [6.45, 7) is 4.64. The van der Waals surface area contributed by atoms with Crippen LogP contribution in [-0.4, -0.2) is 53.9 Å². The first kappa shape index (κ1) is 20.1. The average molecular weight is 436 g/mol. The molecule has 0 radical (unpaired) electrons. The minimum atomic E-state index is -3.48. The van der Waals surface area contributed by atoms with Crippen LogP contribution in [-0.2, 0) is 16.6 Å². The number of phenols is 1. The van der Waals surface area contributed by atoms with E-state index >= 15 is 0 Å². The van der Waals surface area contributed by atoms with Crippen molar-refractivity contribution in [1.82, 2.24) is 14.2 Å². The Bertz CT molecular complexity index is 1350. The molecule has 7 heteroatoms. The fourth-order valence-electron chi connectivity index (χ4n) is 4.29. The summed E-state index contributed by atoms with van der Waals surface area (Å²) in [6.07, 6.45) is 0. The van der Waals surface area contributed by atoms with Gasteiger partial charge in [-0.3, -0.25) is 4.90 Å². The van der Waals surface area contributed by atoms with Crippen molar-refractivity contribution in [3.05, 3.63) is 71.8 Å². The molecule has 2 heterocycles. The van der Waals surface area contributed by atoms with Gasteiger partial charge in [0.2, 0.25) is 10.0 Å². The maximum Gasteiger partial charge on any atom is 0.243 e. The number of aromatic hydroxyl groups is 1. The molecule has 6 nitrogen and oxygen atoms in total. The van der Waals surface area contributed by atoms with Gasteiger partial charge in [0, 0.05) is 60.6 Å². The van der Waals surface area contributed by atoms with Gasteiger partial charge >= 0.3 is 0 Å². The number of hydrogen-bond donors (Lipinski definition) is 2. The summed E-state index contributed by atoms with van der Waals surface area (Å²) in [7, 11) is -3.48. The van der Waals surface area contributed by atoms with Crippen molar-refractivity contribution in [3.63, 3.8) is 0 Å². The first-order chi connectivity index (χ1) is 14.9. The van der Waals surface area contributed by atoms with Crippen molar-refractivity contribution < 1.29 is 13.5 Å². The molecule has 2 N–H and O–H groups in total. The van der Waals surface area contributed by atoms with E-state index in [0.717, 1.165) is 32.9 Å². The second-order valence-corrected chi connectivity index (χ2v) is 10.1. The Morgan fingerprint density at radius 1 is 0.903 bits per heavy atom. The van der Waals surface area contributed by atoms with Crippen LogP contribution < -0.4 is 0 Å². The number of nitrogens with one attached hydrogen (secondary N) is 1. The number of hydrogen-bond acceptors (Lipinski definition) is 4. The van der Waals surface area contributed by atoms with E-state index in [1.165, 1.54) is 0 Å². The number of aromatic amines is 1. The lowest BCUT2D eigenvalue weighted by Gasteiger charge is -2.34. The molecule has 31 heavy (non-hydrogen) atoms. The van der Waals surface area contributed by atoms with Crippen LogP contribution in [0.1, 0.15) is 11.1 Å². The van der Waals surface area contributed by atoms with Crippen molar-refractivity contribution in [2.75, 3.05) is 26.2 Å². The van der Waals surface area contributed by atoms with Gasteiger partial charge in [-0.05, 0) is 31.2 Å². The van der Waals surface area contributed by atoms with Gasteiger partial charge in [-0.25, -0.2) is 8.42 Å². The van der Waals surface area contributed by atoms with Gasteiger partial charge in [-0.15, -0.1) is 0 Å². The van der Waals surface area contributed by atoms with Crippen LogP contribution in [0.15, 0.2) is 65.6 Å². The molecule has 3 aromatic carbocycles. The molecular weight excluding hydrogens is 410 g/mol. The fraction of sp³-hybridized carbons (Fsp3) is 0.250. The number of fused-ring (bicyclic) bond motifs is 3. The molecule has 1 aliphatic rings. The number of rotatable bonds is 4. The van der Waals surface area contributed by atoms with Crippen molar-refractivity contribution in [3.8, 4) is 5.75 Å². The molecule has 1 fully saturated rings. The Kier molecular flexibility index (Phi) is 4.97. The number of aromatic nitrogens is 1. The Morgan fingerprint density at radius 2 is 1.61 bits per heavy atom. The van der Waals surface area contributed by atoms with Crippen molar-refractivity contribution in [2.45, 2.75) is 18.4 Å². The van der Waals surface area contributed by atoms with Crippen LogP contribution in [0, 0.1) is 6.92 Å². The maximum atomic E-state index is 12.9. The molecule has 0 amide bonds. The lowest BCUT2D eigenvalue weighted by Crippen LogP contribution is -2.48. The summed E-state index contributed by atoms with van der Waals surface area (Å²) in [5.41, 5.74) is 3.85. The van der Waals surface area contributed by atoms with Crippen molar-refractivity contribution in [1.29, 1.82) is 0 Å². The molecule has 0 saturated carbocycles. The average Bonchev–Trinajstić information content (AvgIpc) is 3.12. The fourth-order valence-corrected chi connectivity index (χ4v) is 5.71. The molecule has 4 aromatic rings. The molecule has 5 rings (SSSR count). The number of phenolic OH excluding ortho intramolecular Hbond substituents is 1. The molecule has 0 aliphatic carbocycles. The second-order valence-electron chi connectivity index (χ2n) is 8.19.